The molecule has 1 rings (SSSR count). The summed E-state index contributed by atoms with van der Waals surface area (Å²) in [6, 6.07) is 1.51. The molecule has 0 aliphatic rings. The minimum absolute atomic E-state index is 0.0179. The second kappa shape index (κ2) is 4.23. The van der Waals surface area contributed by atoms with Crippen molar-refractivity contribution in [3.8, 4) is 0 Å². The van der Waals surface area contributed by atoms with Gasteiger partial charge in [-0.2, -0.15) is 0 Å². The lowest BCUT2D eigenvalue weighted by molar-refractivity contribution is 0.0982. The van der Waals surface area contributed by atoms with Gasteiger partial charge in [-0.25, -0.2) is 4.98 Å². The summed E-state index contributed by atoms with van der Waals surface area (Å²) in [5.74, 6) is 0.0179. The van der Waals surface area contributed by atoms with Gasteiger partial charge in [0.15, 0.2) is 5.78 Å². The maximum absolute atomic E-state index is 11.5. The minimum atomic E-state index is 0.0179. The van der Waals surface area contributed by atoms with E-state index in [9.17, 15) is 4.79 Å². The predicted octanol–water partition coefficient (Wildman–Crippen LogP) is 2.30. The molecule has 2 N–H and O–H groups in total. The summed E-state index contributed by atoms with van der Waals surface area (Å²) in [6.45, 7) is 1.94. The van der Waals surface area contributed by atoms with Crippen molar-refractivity contribution in [2.45, 2.75) is 19.8 Å². The first-order valence-corrected chi connectivity index (χ1v) is 4.47. The molecule has 4 heteroatoms. The Kier molecular flexibility index (Phi) is 3.25. The third kappa shape index (κ3) is 2.42. The second-order valence-electron chi connectivity index (χ2n) is 2.77. The van der Waals surface area contributed by atoms with Crippen LogP contribution in [0.15, 0.2) is 12.3 Å². The van der Waals surface area contributed by atoms with Crippen LogP contribution in [0.3, 0.4) is 0 Å². The summed E-state index contributed by atoms with van der Waals surface area (Å²) in [5, 5.41) is 0.300. The number of ketones is 1. The van der Waals surface area contributed by atoms with Crippen LogP contribution in [0.4, 0.5) is 5.69 Å². The van der Waals surface area contributed by atoms with E-state index in [1.165, 1.54) is 12.3 Å². The average molecular weight is 199 g/mol. The van der Waals surface area contributed by atoms with Gasteiger partial charge in [-0.3, -0.25) is 4.79 Å². The number of carbonyl (C=O) groups excluding carboxylic acids is 1. The fourth-order valence-corrected chi connectivity index (χ4v) is 1.20. The monoisotopic (exact) mass is 198 g/mol. The van der Waals surface area contributed by atoms with Crippen LogP contribution >= 0.6 is 11.6 Å². The Bertz CT molecular complexity index is 325. The van der Waals surface area contributed by atoms with Crippen LogP contribution in [0.1, 0.15) is 30.1 Å². The largest absolute Gasteiger partial charge is 0.397 e. The Morgan fingerprint density at radius 1 is 1.69 bits per heavy atom. The van der Waals surface area contributed by atoms with Crippen molar-refractivity contribution >= 4 is 23.1 Å². The van der Waals surface area contributed by atoms with Crippen LogP contribution < -0.4 is 5.73 Å². The lowest BCUT2D eigenvalue weighted by atomic mass is 10.1. The lowest BCUT2D eigenvalue weighted by Gasteiger charge is -2.02. The molecule has 0 aromatic carbocycles. The maximum Gasteiger partial charge on any atom is 0.165 e. The smallest absolute Gasteiger partial charge is 0.165 e. The number of rotatable bonds is 3. The molecule has 0 fully saturated rings. The number of carbonyl (C=O) groups is 1. The van der Waals surface area contributed by atoms with Crippen LogP contribution in [-0.4, -0.2) is 10.8 Å². The Morgan fingerprint density at radius 3 is 3.00 bits per heavy atom. The van der Waals surface area contributed by atoms with Gasteiger partial charge in [0.05, 0.1) is 11.9 Å². The van der Waals surface area contributed by atoms with Gasteiger partial charge in [-0.1, -0.05) is 18.5 Å². The number of nitrogen functional groups attached to an aromatic ring is 1. The maximum atomic E-state index is 11.5. The summed E-state index contributed by atoms with van der Waals surface area (Å²) in [7, 11) is 0. The minimum Gasteiger partial charge on any atom is -0.397 e. The third-order valence-electron chi connectivity index (χ3n) is 1.68. The number of Topliss-reactive ketones (excluding diaryl/α,β-unsaturated/α-hetero) is 1. The van der Waals surface area contributed by atoms with E-state index in [-0.39, 0.29) is 5.78 Å². The lowest BCUT2D eigenvalue weighted by Crippen LogP contribution is -2.03. The highest BCUT2D eigenvalue weighted by Crippen LogP contribution is 2.17. The van der Waals surface area contributed by atoms with Gasteiger partial charge in [0.25, 0.3) is 0 Å². The molecule has 0 spiro atoms. The molecular weight excluding hydrogens is 188 g/mol. The Morgan fingerprint density at radius 2 is 2.38 bits per heavy atom. The van der Waals surface area contributed by atoms with E-state index in [4.69, 9.17) is 17.3 Å². The predicted molar refractivity (Wildman–Crippen MR) is 52.9 cm³/mol. The molecule has 0 saturated heterocycles. The molecule has 13 heavy (non-hydrogen) atoms. The second-order valence-corrected chi connectivity index (χ2v) is 3.15. The first-order valence-electron chi connectivity index (χ1n) is 4.09. The summed E-state index contributed by atoms with van der Waals surface area (Å²) < 4.78 is 0. The number of aromatic nitrogens is 1. The van der Waals surface area contributed by atoms with Crippen molar-refractivity contribution in [2.24, 2.45) is 0 Å². The molecule has 0 radical (unpaired) electrons. The fraction of sp³-hybridized carbons (Fsp3) is 0.333. The Labute approximate surface area is 81.9 Å². The molecule has 0 saturated carbocycles. The van der Waals surface area contributed by atoms with Crippen LogP contribution in [0.25, 0.3) is 0 Å². The Balaban J connectivity index is 2.99. The highest BCUT2D eigenvalue weighted by Gasteiger charge is 2.09. The van der Waals surface area contributed by atoms with Crippen molar-refractivity contribution in [3.05, 3.63) is 23.0 Å². The molecule has 0 bridgehead atoms. The topological polar surface area (TPSA) is 56.0 Å². The third-order valence-corrected chi connectivity index (χ3v) is 1.89. The van der Waals surface area contributed by atoms with E-state index in [0.717, 1.165) is 6.42 Å². The number of hydrogen-bond donors (Lipinski definition) is 1. The zero-order valence-corrected chi connectivity index (χ0v) is 8.14. The van der Waals surface area contributed by atoms with Crippen molar-refractivity contribution in [1.82, 2.24) is 4.98 Å². The van der Waals surface area contributed by atoms with Crippen molar-refractivity contribution in [3.63, 3.8) is 0 Å². The van der Waals surface area contributed by atoms with Crippen LogP contribution in [0.2, 0.25) is 5.15 Å². The van der Waals surface area contributed by atoms with Crippen molar-refractivity contribution in [1.29, 1.82) is 0 Å². The SMILES string of the molecule is CCCC(=O)c1cc(Cl)ncc1N. The summed E-state index contributed by atoms with van der Waals surface area (Å²) in [6.07, 6.45) is 2.70. The number of halogens is 1. The summed E-state index contributed by atoms with van der Waals surface area (Å²) >= 11 is 5.64. The number of hydrogen-bond acceptors (Lipinski definition) is 3. The van der Waals surface area contributed by atoms with Crippen molar-refractivity contribution < 1.29 is 4.79 Å². The fourth-order valence-electron chi connectivity index (χ4n) is 1.04. The zero-order valence-electron chi connectivity index (χ0n) is 7.38. The number of nitrogens with two attached hydrogens (primary N) is 1. The van der Waals surface area contributed by atoms with E-state index >= 15 is 0 Å². The molecule has 0 amide bonds. The molecule has 1 heterocycles. The summed E-state index contributed by atoms with van der Waals surface area (Å²) in [5.41, 5.74) is 6.44. The standard InChI is InChI=1S/C9H11ClN2O/c1-2-3-8(13)6-4-9(10)12-5-7(6)11/h4-5H,2-3,11H2,1H3. The van der Waals surface area contributed by atoms with Gasteiger partial charge in [0, 0.05) is 12.0 Å². The van der Waals surface area contributed by atoms with Crippen LogP contribution in [0, 0.1) is 0 Å². The molecule has 0 aliphatic carbocycles. The highest BCUT2D eigenvalue weighted by atomic mass is 35.5. The van der Waals surface area contributed by atoms with Gasteiger partial charge in [-0.05, 0) is 12.5 Å². The molecule has 1 aromatic heterocycles. The number of anilines is 1. The Hall–Kier alpha value is -1.09. The van der Waals surface area contributed by atoms with Gasteiger partial charge < -0.3 is 5.73 Å². The normalized spacial score (nSPS) is 10.0. The van der Waals surface area contributed by atoms with Gasteiger partial charge in [0.1, 0.15) is 5.15 Å². The van der Waals surface area contributed by atoms with E-state index in [1.807, 2.05) is 6.92 Å². The molecule has 1 aromatic rings. The molecule has 0 atom stereocenters. The molecule has 0 aliphatic heterocycles. The molecule has 0 unspecified atom stereocenters. The number of nitrogens with zero attached hydrogens (tertiary/aromatic N) is 1. The first-order chi connectivity index (χ1) is 6.15. The van der Waals surface area contributed by atoms with E-state index < -0.39 is 0 Å². The molecule has 70 valence electrons. The quantitative estimate of drug-likeness (QED) is 0.599. The first kappa shape index (κ1) is 9.99. The van der Waals surface area contributed by atoms with Crippen LogP contribution in [-0.2, 0) is 0 Å². The van der Waals surface area contributed by atoms with Crippen molar-refractivity contribution in [2.75, 3.05) is 5.73 Å². The zero-order chi connectivity index (χ0) is 9.84. The molecule has 3 nitrogen and oxygen atoms in total. The highest BCUT2D eigenvalue weighted by molar-refractivity contribution is 6.29. The molecular formula is C9H11ClN2O. The average Bonchev–Trinajstić information content (AvgIpc) is 2.09. The summed E-state index contributed by atoms with van der Waals surface area (Å²) in [4.78, 5) is 15.2. The van der Waals surface area contributed by atoms with Gasteiger partial charge in [-0.15, -0.1) is 0 Å². The van der Waals surface area contributed by atoms with E-state index in [1.54, 1.807) is 0 Å². The van der Waals surface area contributed by atoms with Crippen LogP contribution in [0.5, 0.6) is 0 Å². The van der Waals surface area contributed by atoms with Gasteiger partial charge >= 0.3 is 0 Å². The van der Waals surface area contributed by atoms with E-state index in [2.05, 4.69) is 4.98 Å². The van der Waals surface area contributed by atoms with Gasteiger partial charge in [0.2, 0.25) is 0 Å². The van der Waals surface area contributed by atoms with E-state index in [0.29, 0.717) is 22.8 Å². The number of pyridine rings is 1.